The van der Waals surface area contributed by atoms with E-state index < -0.39 is 0 Å². The monoisotopic (exact) mass is 220 g/mol. The number of aliphatic hydroxyl groups is 1. The van der Waals surface area contributed by atoms with Gasteiger partial charge in [0.2, 0.25) is 0 Å². The molecule has 1 rings (SSSR count). The minimum atomic E-state index is 0.261. The third kappa shape index (κ3) is 3.59. The van der Waals surface area contributed by atoms with Crippen LogP contribution in [-0.4, -0.2) is 49.6 Å². The molecule has 3 heteroatoms. The summed E-state index contributed by atoms with van der Waals surface area (Å²) in [6.45, 7) is 0.912. The molecule has 1 aliphatic carbocycles. The summed E-state index contributed by atoms with van der Waals surface area (Å²) in [4.78, 5) is 3.80. The van der Waals surface area contributed by atoms with Gasteiger partial charge in [-0.05, 0) is 37.4 Å². The molecule has 0 saturated carbocycles. The second kappa shape index (κ2) is 5.56. The molecule has 0 saturated heterocycles. The summed E-state index contributed by atoms with van der Waals surface area (Å²) < 4.78 is 0. The van der Waals surface area contributed by atoms with Gasteiger partial charge in [-0.1, -0.05) is 18.2 Å². The molecule has 0 amide bonds. The Kier molecular flexibility index (Phi) is 4.38. The summed E-state index contributed by atoms with van der Waals surface area (Å²) in [6.07, 6.45) is 9.85. The summed E-state index contributed by atoms with van der Waals surface area (Å²) in [5.41, 5.74) is 2.43. The Labute approximate surface area is 97.7 Å². The van der Waals surface area contributed by atoms with E-state index in [4.69, 9.17) is 0 Å². The number of rotatable bonds is 4. The SMILES string of the molecule is CN(C)CC1=CC=C/C1=C/C=C(\O)N(C)C. The maximum atomic E-state index is 9.54. The van der Waals surface area contributed by atoms with E-state index >= 15 is 0 Å². The molecule has 16 heavy (non-hydrogen) atoms. The fraction of sp³-hybridized carbons (Fsp3) is 0.385. The van der Waals surface area contributed by atoms with Crippen molar-refractivity contribution in [2.45, 2.75) is 0 Å². The molecule has 1 N–H and O–H groups in total. The van der Waals surface area contributed by atoms with E-state index in [1.165, 1.54) is 5.57 Å². The lowest BCUT2D eigenvalue weighted by atomic mass is 10.1. The predicted octanol–water partition coefficient (Wildman–Crippen LogP) is 1.93. The lowest BCUT2D eigenvalue weighted by Crippen LogP contribution is -2.15. The van der Waals surface area contributed by atoms with Gasteiger partial charge in [-0.15, -0.1) is 0 Å². The predicted molar refractivity (Wildman–Crippen MR) is 68.3 cm³/mol. The molecule has 88 valence electrons. The van der Waals surface area contributed by atoms with Gasteiger partial charge in [-0.2, -0.15) is 0 Å². The number of nitrogens with zero attached hydrogens (tertiary/aromatic N) is 2. The highest BCUT2D eigenvalue weighted by Gasteiger charge is 2.06. The van der Waals surface area contributed by atoms with Crippen molar-refractivity contribution in [3.05, 3.63) is 47.4 Å². The number of hydrogen-bond donors (Lipinski definition) is 1. The molecule has 0 radical (unpaired) electrons. The molecule has 3 nitrogen and oxygen atoms in total. The molecule has 0 unspecified atom stereocenters. The van der Waals surface area contributed by atoms with E-state index in [1.807, 2.05) is 40.3 Å². The minimum absolute atomic E-state index is 0.261. The number of hydrogen-bond acceptors (Lipinski definition) is 3. The van der Waals surface area contributed by atoms with Crippen molar-refractivity contribution in [3.63, 3.8) is 0 Å². The van der Waals surface area contributed by atoms with Gasteiger partial charge in [0.15, 0.2) is 5.88 Å². The van der Waals surface area contributed by atoms with Crippen LogP contribution in [0, 0.1) is 0 Å². The Bertz CT molecular complexity index is 360. The molecular weight excluding hydrogens is 200 g/mol. The molecule has 0 fully saturated rings. The lowest BCUT2D eigenvalue weighted by molar-refractivity contribution is 0.264. The molecule has 0 heterocycles. The number of allylic oxidation sites excluding steroid dienone is 5. The Morgan fingerprint density at radius 2 is 2.00 bits per heavy atom. The zero-order chi connectivity index (χ0) is 12.1. The molecule has 0 spiro atoms. The van der Waals surface area contributed by atoms with E-state index in [-0.39, 0.29) is 5.88 Å². The molecular formula is C13H20N2O. The molecule has 0 aliphatic heterocycles. The lowest BCUT2D eigenvalue weighted by Gasteiger charge is -2.12. The Morgan fingerprint density at radius 1 is 1.31 bits per heavy atom. The van der Waals surface area contributed by atoms with Crippen molar-refractivity contribution in [2.24, 2.45) is 0 Å². The van der Waals surface area contributed by atoms with Crippen molar-refractivity contribution in [1.29, 1.82) is 0 Å². The van der Waals surface area contributed by atoms with Crippen molar-refractivity contribution in [1.82, 2.24) is 9.80 Å². The second-order valence-corrected chi connectivity index (χ2v) is 4.33. The highest BCUT2D eigenvalue weighted by Crippen LogP contribution is 2.19. The van der Waals surface area contributed by atoms with Crippen LogP contribution in [-0.2, 0) is 0 Å². The van der Waals surface area contributed by atoms with Crippen molar-refractivity contribution >= 4 is 0 Å². The Morgan fingerprint density at radius 3 is 2.56 bits per heavy atom. The quantitative estimate of drug-likeness (QED) is 0.733. The van der Waals surface area contributed by atoms with Crippen molar-refractivity contribution < 1.29 is 5.11 Å². The van der Waals surface area contributed by atoms with Gasteiger partial charge >= 0.3 is 0 Å². The average Bonchev–Trinajstić information content (AvgIpc) is 2.60. The standard InChI is InChI=1S/C13H20N2O/c1-14(2)10-12-7-5-6-11(12)8-9-13(16)15(3)4/h5-9,16H,10H2,1-4H3/b11-8-,13-9-. The summed E-state index contributed by atoms with van der Waals surface area (Å²) in [5, 5.41) is 9.54. The average molecular weight is 220 g/mol. The summed E-state index contributed by atoms with van der Waals surface area (Å²) in [7, 11) is 7.71. The van der Waals surface area contributed by atoms with Crippen LogP contribution >= 0.6 is 0 Å². The maximum absolute atomic E-state index is 9.54. The first-order chi connectivity index (χ1) is 7.50. The highest BCUT2D eigenvalue weighted by atomic mass is 16.3. The van der Waals surface area contributed by atoms with Crippen LogP contribution in [0.4, 0.5) is 0 Å². The largest absolute Gasteiger partial charge is 0.495 e. The molecule has 0 bridgehead atoms. The van der Waals surface area contributed by atoms with Crippen LogP contribution in [0.1, 0.15) is 0 Å². The van der Waals surface area contributed by atoms with Crippen LogP contribution in [0.5, 0.6) is 0 Å². The van der Waals surface area contributed by atoms with Gasteiger partial charge in [-0.3, -0.25) is 0 Å². The third-order valence-corrected chi connectivity index (χ3v) is 2.30. The fourth-order valence-electron chi connectivity index (χ4n) is 1.43. The highest BCUT2D eigenvalue weighted by molar-refractivity contribution is 5.50. The van der Waals surface area contributed by atoms with Gasteiger partial charge in [0, 0.05) is 20.6 Å². The maximum Gasteiger partial charge on any atom is 0.186 e. The van der Waals surface area contributed by atoms with Crippen LogP contribution in [0.3, 0.4) is 0 Å². The van der Waals surface area contributed by atoms with Crippen molar-refractivity contribution in [3.8, 4) is 0 Å². The van der Waals surface area contributed by atoms with Crippen LogP contribution < -0.4 is 0 Å². The first-order valence-electron chi connectivity index (χ1n) is 5.31. The second-order valence-electron chi connectivity index (χ2n) is 4.33. The van der Waals surface area contributed by atoms with Gasteiger partial charge in [0.05, 0.1) is 0 Å². The first-order valence-corrected chi connectivity index (χ1v) is 5.31. The number of likely N-dealkylation sites (N-methyl/N-ethyl adjacent to an activating group) is 1. The van der Waals surface area contributed by atoms with Gasteiger partial charge in [0.1, 0.15) is 0 Å². The van der Waals surface area contributed by atoms with Crippen LogP contribution in [0.25, 0.3) is 0 Å². The van der Waals surface area contributed by atoms with Crippen molar-refractivity contribution in [2.75, 3.05) is 34.7 Å². The summed E-state index contributed by atoms with van der Waals surface area (Å²) >= 11 is 0. The van der Waals surface area contributed by atoms with E-state index in [0.29, 0.717) is 0 Å². The zero-order valence-corrected chi connectivity index (χ0v) is 10.4. The normalized spacial score (nSPS) is 18.4. The smallest absolute Gasteiger partial charge is 0.186 e. The van der Waals surface area contributed by atoms with Gasteiger partial charge in [-0.25, -0.2) is 0 Å². The molecule has 0 aromatic carbocycles. The van der Waals surface area contributed by atoms with E-state index in [2.05, 4.69) is 17.1 Å². The first kappa shape index (κ1) is 12.6. The molecule has 0 aromatic rings. The fourth-order valence-corrected chi connectivity index (χ4v) is 1.43. The summed E-state index contributed by atoms with van der Waals surface area (Å²) in [6, 6.07) is 0. The topological polar surface area (TPSA) is 26.7 Å². The molecule has 1 aliphatic rings. The molecule has 0 atom stereocenters. The summed E-state index contributed by atoms with van der Waals surface area (Å²) in [5.74, 6) is 0.261. The van der Waals surface area contributed by atoms with Gasteiger partial charge < -0.3 is 14.9 Å². The minimum Gasteiger partial charge on any atom is -0.495 e. The number of aliphatic hydroxyl groups excluding tert-OH is 1. The Hall–Kier alpha value is -1.48. The van der Waals surface area contributed by atoms with Crippen LogP contribution in [0.15, 0.2) is 47.4 Å². The third-order valence-electron chi connectivity index (χ3n) is 2.30. The van der Waals surface area contributed by atoms with Gasteiger partial charge in [0.25, 0.3) is 0 Å². The zero-order valence-electron chi connectivity index (χ0n) is 10.4. The molecule has 0 aromatic heterocycles. The van der Waals surface area contributed by atoms with Crippen LogP contribution in [0.2, 0.25) is 0 Å². The van der Waals surface area contributed by atoms with E-state index in [1.54, 1.807) is 11.0 Å². The van der Waals surface area contributed by atoms with E-state index in [0.717, 1.165) is 12.1 Å². The Balaban J connectivity index is 2.74. The van der Waals surface area contributed by atoms with E-state index in [9.17, 15) is 5.11 Å².